The van der Waals surface area contributed by atoms with Gasteiger partial charge in [0.25, 0.3) is 0 Å². The maximum absolute atomic E-state index is 11.8. The first kappa shape index (κ1) is 14.2. The van der Waals surface area contributed by atoms with Gasteiger partial charge >= 0.3 is 0 Å². The van der Waals surface area contributed by atoms with Crippen LogP contribution in [0.2, 0.25) is 0 Å². The zero-order valence-corrected chi connectivity index (χ0v) is 13.5. The van der Waals surface area contributed by atoms with E-state index in [0.29, 0.717) is 5.92 Å². The Morgan fingerprint density at radius 3 is 2.83 bits per heavy atom. The molecule has 2 aliphatic heterocycles. The van der Waals surface area contributed by atoms with Gasteiger partial charge in [0.05, 0.1) is 18.2 Å². The third-order valence-corrected chi connectivity index (χ3v) is 4.89. The van der Waals surface area contributed by atoms with Crippen LogP contribution in [0.4, 0.5) is 5.82 Å². The van der Waals surface area contributed by atoms with E-state index in [1.54, 1.807) is 0 Å². The molecule has 0 aliphatic carbocycles. The van der Waals surface area contributed by atoms with Crippen LogP contribution in [0.1, 0.15) is 17.0 Å². The molecular weight excluding hydrogens is 290 g/mol. The van der Waals surface area contributed by atoms with Crippen molar-refractivity contribution < 1.29 is 4.79 Å². The van der Waals surface area contributed by atoms with Gasteiger partial charge in [0.15, 0.2) is 0 Å². The monoisotopic (exact) mass is 311 g/mol. The fourth-order valence-corrected chi connectivity index (χ4v) is 3.63. The molecule has 1 amide bonds. The number of nitrogens with one attached hydrogen (secondary N) is 1. The molecular formula is C17H21N5O. The number of carbonyl (C=O) groups is 1. The van der Waals surface area contributed by atoms with Crippen molar-refractivity contribution in [3.63, 3.8) is 0 Å². The molecule has 0 aromatic carbocycles. The molecule has 4 rings (SSSR count). The zero-order valence-electron chi connectivity index (χ0n) is 13.5. The summed E-state index contributed by atoms with van der Waals surface area (Å²) in [5.41, 5.74) is 3.33. The molecule has 2 atom stereocenters. The van der Waals surface area contributed by atoms with Crippen molar-refractivity contribution in [1.29, 1.82) is 0 Å². The molecule has 0 unspecified atom stereocenters. The average molecular weight is 311 g/mol. The second-order valence-electron chi connectivity index (χ2n) is 6.63. The summed E-state index contributed by atoms with van der Waals surface area (Å²) in [6.45, 7) is 7.30. The van der Waals surface area contributed by atoms with Crippen molar-refractivity contribution in [3.05, 3.63) is 41.3 Å². The minimum atomic E-state index is 0.131. The number of carbonyl (C=O) groups excluding carboxylic acids is 1. The molecule has 2 saturated heterocycles. The Hall–Kier alpha value is -2.37. The van der Waals surface area contributed by atoms with E-state index < -0.39 is 0 Å². The van der Waals surface area contributed by atoms with Crippen LogP contribution in [-0.4, -0.2) is 40.3 Å². The number of hydrogen-bond donors (Lipinski definition) is 1. The van der Waals surface area contributed by atoms with Crippen LogP contribution in [0.3, 0.4) is 0 Å². The van der Waals surface area contributed by atoms with Crippen molar-refractivity contribution in [2.75, 3.05) is 24.5 Å². The normalized spacial score (nSPS) is 23.2. The SMILES string of the molecule is Cc1cc(C)n(Cc2ccc(N3C[C@@H]4CNC(=O)[C@@H]4C3)nc2)n1. The van der Waals surface area contributed by atoms with E-state index >= 15 is 0 Å². The van der Waals surface area contributed by atoms with E-state index in [1.165, 1.54) is 0 Å². The summed E-state index contributed by atoms with van der Waals surface area (Å²) in [6, 6.07) is 6.24. The van der Waals surface area contributed by atoms with Crippen molar-refractivity contribution in [2.45, 2.75) is 20.4 Å². The van der Waals surface area contributed by atoms with Crippen LogP contribution >= 0.6 is 0 Å². The van der Waals surface area contributed by atoms with E-state index in [-0.39, 0.29) is 11.8 Å². The summed E-state index contributed by atoms with van der Waals surface area (Å²) < 4.78 is 2.00. The third kappa shape index (κ3) is 2.58. The van der Waals surface area contributed by atoms with Gasteiger partial charge in [-0.3, -0.25) is 9.48 Å². The Balaban J connectivity index is 1.46. The summed E-state index contributed by atoms with van der Waals surface area (Å²) in [6.07, 6.45) is 1.92. The van der Waals surface area contributed by atoms with Gasteiger partial charge in [-0.25, -0.2) is 4.98 Å². The first-order valence-corrected chi connectivity index (χ1v) is 8.09. The van der Waals surface area contributed by atoms with E-state index in [0.717, 1.165) is 48.9 Å². The van der Waals surface area contributed by atoms with Gasteiger partial charge in [0.1, 0.15) is 5.82 Å². The molecule has 4 heterocycles. The lowest BCUT2D eigenvalue weighted by molar-refractivity contribution is -0.122. The maximum Gasteiger partial charge on any atom is 0.225 e. The fourth-order valence-electron chi connectivity index (χ4n) is 3.63. The molecule has 0 radical (unpaired) electrons. The smallest absolute Gasteiger partial charge is 0.225 e. The number of anilines is 1. The topological polar surface area (TPSA) is 63.0 Å². The average Bonchev–Trinajstić information content (AvgIpc) is 3.18. The number of rotatable bonds is 3. The van der Waals surface area contributed by atoms with E-state index in [4.69, 9.17) is 0 Å². The Labute approximate surface area is 135 Å². The van der Waals surface area contributed by atoms with Crippen LogP contribution in [0.15, 0.2) is 24.4 Å². The van der Waals surface area contributed by atoms with Crippen LogP contribution in [0, 0.1) is 25.7 Å². The Morgan fingerprint density at radius 2 is 2.17 bits per heavy atom. The first-order valence-electron chi connectivity index (χ1n) is 8.09. The first-order chi connectivity index (χ1) is 11.1. The highest BCUT2D eigenvalue weighted by Crippen LogP contribution is 2.30. The van der Waals surface area contributed by atoms with Gasteiger partial charge in [-0.05, 0) is 31.5 Å². The molecule has 2 aromatic rings. The molecule has 2 aromatic heterocycles. The molecule has 6 nitrogen and oxygen atoms in total. The Bertz CT molecular complexity index is 736. The Morgan fingerprint density at radius 1 is 1.30 bits per heavy atom. The summed E-state index contributed by atoms with van der Waals surface area (Å²) >= 11 is 0. The van der Waals surface area contributed by atoms with Crippen molar-refractivity contribution in [2.24, 2.45) is 11.8 Å². The lowest BCUT2D eigenvalue weighted by atomic mass is 10.0. The van der Waals surface area contributed by atoms with Crippen LogP contribution in [-0.2, 0) is 11.3 Å². The number of pyridine rings is 1. The second-order valence-corrected chi connectivity index (χ2v) is 6.63. The third-order valence-electron chi connectivity index (χ3n) is 4.89. The minimum Gasteiger partial charge on any atom is -0.355 e. The van der Waals surface area contributed by atoms with Crippen molar-refractivity contribution in [3.8, 4) is 0 Å². The molecule has 1 N–H and O–H groups in total. The predicted molar refractivity (Wildman–Crippen MR) is 87.2 cm³/mol. The number of nitrogens with zero attached hydrogens (tertiary/aromatic N) is 4. The van der Waals surface area contributed by atoms with Gasteiger partial charge < -0.3 is 10.2 Å². The molecule has 0 saturated carbocycles. The molecule has 2 aliphatic rings. The Kier molecular flexibility index (Phi) is 3.32. The highest BCUT2D eigenvalue weighted by Gasteiger charge is 2.42. The van der Waals surface area contributed by atoms with E-state index in [2.05, 4.69) is 45.4 Å². The quantitative estimate of drug-likeness (QED) is 0.923. The van der Waals surface area contributed by atoms with Gasteiger partial charge in [-0.1, -0.05) is 6.07 Å². The molecule has 6 heteroatoms. The minimum absolute atomic E-state index is 0.131. The van der Waals surface area contributed by atoms with Crippen LogP contribution in [0.25, 0.3) is 0 Å². The van der Waals surface area contributed by atoms with Crippen molar-refractivity contribution in [1.82, 2.24) is 20.1 Å². The van der Waals surface area contributed by atoms with E-state index in [9.17, 15) is 4.79 Å². The summed E-state index contributed by atoms with van der Waals surface area (Å²) in [4.78, 5) is 18.6. The molecule has 0 bridgehead atoms. The fraction of sp³-hybridized carbons (Fsp3) is 0.471. The van der Waals surface area contributed by atoms with Crippen LogP contribution in [0.5, 0.6) is 0 Å². The van der Waals surface area contributed by atoms with Crippen molar-refractivity contribution >= 4 is 11.7 Å². The number of fused-ring (bicyclic) bond motifs is 1. The van der Waals surface area contributed by atoms with E-state index in [1.807, 2.05) is 17.8 Å². The van der Waals surface area contributed by atoms with Gasteiger partial charge in [-0.2, -0.15) is 5.10 Å². The number of aryl methyl sites for hydroxylation is 2. The lowest BCUT2D eigenvalue weighted by Gasteiger charge is -2.18. The standard InChI is InChI=1S/C17H21N5O/c1-11-5-12(2)22(20-11)8-13-3-4-16(18-6-13)21-9-14-7-19-17(23)15(14)10-21/h3-6,14-15H,7-10H2,1-2H3,(H,19,23)/t14-,15+/m0/s1. The molecule has 2 fully saturated rings. The number of amides is 1. The van der Waals surface area contributed by atoms with Gasteiger partial charge in [-0.15, -0.1) is 0 Å². The highest BCUT2D eigenvalue weighted by atomic mass is 16.2. The predicted octanol–water partition coefficient (Wildman–Crippen LogP) is 1.13. The number of aromatic nitrogens is 3. The number of hydrogen-bond acceptors (Lipinski definition) is 4. The molecule has 0 spiro atoms. The largest absolute Gasteiger partial charge is 0.355 e. The molecule has 23 heavy (non-hydrogen) atoms. The summed E-state index contributed by atoms with van der Waals surface area (Å²) in [5.74, 6) is 1.72. The molecule has 120 valence electrons. The van der Waals surface area contributed by atoms with Crippen LogP contribution < -0.4 is 10.2 Å². The van der Waals surface area contributed by atoms with Gasteiger partial charge in [0.2, 0.25) is 5.91 Å². The summed E-state index contributed by atoms with van der Waals surface area (Å²) in [7, 11) is 0. The highest BCUT2D eigenvalue weighted by molar-refractivity contribution is 5.82. The lowest BCUT2D eigenvalue weighted by Crippen LogP contribution is -2.29. The zero-order chi connectivity index (χ0) is 16.0. The summed E-state index contributed by atoms with van der Waals surface area (Å²) in [5, 5.41) is 7.43. The van der Waals surface area contributed by atoms with Gasteiger partial charge in [0, 0.05) is 37.4 Å². The second kappa shape index (κ2) is 5.37. The maximum atomic E-state index is 11.8.